The van der Waals surface area contributed by atoms with Crippen molar-refractivity contribution in [2.45, 2.75) is 0 Å². The number of nitrogens with zero attached hydrogens (tertiary/aromatic N) is 2. The van der Waals surface area contributed by atoms with Crippen molar-refractivity contribution in [2.75, 3.05) is 7.11 Å². The van der Waals surface area contributed by atoms with E-state index in [-0.39, 0.29) is 11.5 Å². The zero-order chi connectivity index (χ0) is 14.5. The van der Waals surface area contributed by atoms with E-state index >= 15 is 0 Å². The van der Waals surface area contributed by atoms with E-state index in [4.69, 9.17) is 26.9 Å². The molecule has 7 nitrogen and oxygen atoms in total. The van der Waals surface area contributed by atoms with Gasteiger partial charge >= 0.3 is 5.97 Å². The van der Waals surface area contributed by atoms with E-state index in [1.807, 2.05) is 0 Å². The number of aromatic amines is 1. The standard InChI is InChI=1S/C12H11ClN4O3/c1-19-10-3-2-7(13)6-8(10)11(14)17-20-12(18)9-4-5-15-16-9/h2-6H,1H3,(H2,14,17)(H,15,16). The first-order chi connectivity index (χ1) is 9.61. The fraction of sp³-hybridized carbons (Fsp3) is 0.0833. The smallest absolute Gasteiger partial charge is 0.383 e. The van der Waals surface area contributed by atoms with Gasteiger partial charge < -0.3 is 15.3 Å². The van der Waals surface area contributed by atoms with Crippen LogP contribution in [0.3, 0.4) is 0 Å². The Morgan fingerprint density at radius 1 is 1.45 bits per heavy atom. The molecule has 0 aliphatic rings. The number of H-pyrrole nitrogens is 1. The van der Waals surface area contributed by atoms with Gasteiger partial charge in [-0.2, -0.15) is 5.10 Å². The molecule has 0 fully saturated rings. The summed E-state index contributed by atoms with van der Waals surface area (Å²) in [5.74, 6) is -0.267. The number of carbonyl (C=O) groups is 1. The summed E-state index contributed by atoms with van der Waals surface area (Å²) in [6.45, 7) is 0. The second-order valence-electron chi connectivity index (χ2n) is 3.67. The Hall–Kier alpha value is -2.54. The van der Waals surface area contributed by atoms with Gasteiger partial charge in [0, 0.05) is 11.2 Å². The molecule has 0 saturated heterocycles. The van der Waals surface area contributed by atoms with Gasteiger partial charge in [0.15, 0.2) is 5.84 Å². The zero-order valence-electron chi connectivity index (χ0n) is 10.5. The molecular weight excluding hydrogens is 284 g/mol. The van der Waals surface area contributed by atoms with Crippen LogP contribution in [0.1, 0.15) is 16.1 Å². The molecule has 0 aliphatic carbocycles. The number of nitrogens with two attached hydrogens (primary N) is 1. The second kappa shape index (κ2) is 6.07. The summed E-state index contributed by atoms with van der Waals surface area (Å²) in [5.41, 5.74) is 6.34. The highest BCUT2D eigenvalue weighted by atomic mass is 35.5. The molecule has 1 aromatic carbocycles. The molecule has 104 valence electrons. The monoisotopic (exact) mass is 294 g/mol. The van der Waals surface area contributed by atoms with Gasteiger partial charge in [0.1, 0.15) is 11.4 Å². The summed E-state index contributed by atoms with van der Waals surface area (Å²) in [6.07, 6.45) is 1.42. The Morgan fingerprint density at radius 3 is 2.90 bits per heavy atom. The van der Waals surface area contributed by atoms with Crippen LogP contribution in [0.25, 0.3) is 0 Å². The van der Waals surface area contributed by atoms with Crippen molar-refractivity contribution in [1.29, 1.82) is 0 Å². The molecule has 0 radical (unpaired) electrons. The van der Waals surface area contributed by atoms with Crippen LogP contribution in [0, 0.1) is 0 Å². The molecule has 0 bridgehead atoms. The van der Waals surface area contributed by atoms with Crippen LogP contribution in [0.15, 0.2) is 35.6 Å². The lowest BCUT2D eigenvalue weighted by atomic mass is 10.2. The Labute approximate surface area is 119 Å². The number of carbonyl (C=O) groups excluding carboxylic acids is 1. The van der Waals surface area contributed by atoms with Crippen molar-refractivity contribution in [2.24, 2.45) is 10.9 Å². The molecule has 1 aromatic heterocycles. The molecule has 0 amide bonds. The van der Waals surface area contributed by atoms with Crippen LogP contribution in [-0.4, -0.2) is 29.1 Å². The molecule has 3 N–H and O–H groups in total. The third kappa shape index (κ3) is 3.07. The highest BCUT2D eigenvalue weighted by Gasteiger charge is 2.12. The van der Waals surface area contributed by atoms with E-state index in [0.717, 1.165) is 0 Å². The molecule has 20 heavy (non-hydrogen) atoms. The minimum absolute atomic E-state index is 0.0304. The zero-order valence-corrected chi connectivity index (χ0v) is 11.2. The molecular formula is C12H11ClN4O3. The average Bonchev–Trinajstić information content (AvgIpc) is 2.98. The van der Waals surface area contributed by atoms with Crippen LogP contribution in [0.5, 0.6) is 5.75 Å². The molecule has 1 heterocycles. The molecule has 0 aliphatic heterocycles. The first kappa shape index (κ1) is 13.9. The van der Waals surface area contributed by atoms with Gasteiger partial charge in [-0.05, 0) is 24.3 Å². The number of ether oxygens (including phenoxy) is 1. The van der Waals surface area contributed by atoms with Crippen molar-refractivity contribution in [3.8, 4) is 5.75 Å². The molecule has 0 atom stereocenters. The van der Waals surface area contributed by atoms with Gasteiger partial charge in [-0.25, -0.2) is 4.79 Å². The highest BCUT2D eigenvalue weighted by molar-refractivity contribution is 6.31. The van der Waals surface area contributed by atoms with Crippen molar-refractivity contribution < 1.29 is 14.4 Å². The fourth-order valence-corrected chi connectivity index (χ4v) is 1.61. The molecule has 0 saturated carbocycles. The summed E-state index contributed by atoms with van der Waals surface area (Å²) < 4.78 is 5.12. The van der Waals surface area contributed by atoms with Crippen molar-refractivity contribution in [3.63, 3.8) is 0 Å². The Bertz CT molecular complexity index is 640. The quantitative estimate of drug-likeness (QED) is 0.385. The van der Waals surface area contributed by atoms with Crippen molar-refractivity contribution in [3.05, 3.63) is 46.7 Å². The van der Waals surface area contributed by atoms with Gasteiger partial charge in [0.2, 0.25) is 0 Å². The Morgan fingerprint density at radius 2 is 2.25 bits per heavy atom. The maximum Gasteiger partial charge on any atom is 0.383 e. The second-order valence-corrected chi connectivity index (χ2v) is 4.11. The molecule has 0 unspecified atom stereocenters. The summed E-state index contributed by atoms with van der Waals surface area (Å²) in [6, 6.07) is 6.29. The van der Waals surface area contributed by atoms with E-state index in [2.05, 4.69) is 15.4 Å². The fourth-order valence-electron chi connectivity index (χ4n) is 1.44. The van der Waals surface area contributed by atoms with Crippen LogP contribution in [-0.2, 0) is 4.84 Å². The minimum atomic E-state index is -0.702. The largest absolute Gasteiger partial charge is 0.496 e. The molecule has 8 heteroatoms. The third-order valence-corrected chi connectivity index (χ3v) is 2.62. The van der Waals surface area contributed by atoms with Crippen LogP contribution in [0.4, 0.5) is 0 Å². The lowest BCUT2D eigenvalue weighted by molar-refractivity contribution is 0.0509. The normalized spacial score (nSPS) is 11.2. The summed E-state index contributed by atoms with van der Waals surface area (Å²) in [4.78, 5) is 16.2. The predicted octanol–water partition coefficient (Wildman–Crippen LogP) is 1.55. The van der Waals surface area contributed by atoms with Crippen molar-refractivity contribution >= 4 is 23.4 Å². The number of rotatable bonds is 4. The van der Waals surface area contributed by atoms with E-state index in [9.17, 15) is 4.79 Å². The molecule has 2 aromatic rings. The summed E-state index contributed by atoms with van der Waals surface area (Å²) in [5, 5.41) is 10.1. The maximum absolute atomic E-state index is 11.5. The van der Waals surface area contributed by atoms with E-state index in [0.29, 0.717) is 16.3 Å². The van der Waals surface area contributed by atoms with Crippen molar-refractivity contribution in [1.82, 2.24) is 10.2 Å². The highest BCUT2D eigenvalue weighted by Crippen LogP contribution is 2.22. The Kier molecular flexibility index (Phi) is 4.21. The van der Waals surface area contributed by atoms with E-state index in [1.54, 1.807) is 18.2 Å². The number of nitrogens with one attached hydrogen (secondary N) is 1. The number of aromatic nitrogens is 2. The lowest BCUT2D eigenvalue weighted by Crippen LogP contribution is -2.16. The average molecular weight is 295 g/mol. The molecule has 0 spiro atoms. The van der Waals surface area contributed by atoms with Crippen LogP contribution < -0.4 is 10.5 Å². The van der Waals surface area contributed by atoms with Gasteiger partial charge in [0.25, 0.3) is 0 Å². The number of methoxy groups -OCH3 is 1. The summed E-state index contributed by atoms with van der Waals surface area (Å²) >= 11 is 5.87. The number of benzene rings is 1. The van der Waals surface area contributed by atoms with Gasteiger partial charge in [-0.15, -0.1) is 0 Å². The number of oxime groups is 1. The minimum Gasteiger partial charge on any atom is -0.496 e. The predicted molar refractivity (Wildman–Crippen MR) is 72.7 cm³/mol. The number of hydrogen-bond acceptors (Lipinski definition) is 5. The maximum atomic E-state index is 11.5. The first-order valence-corrected chi connectivity index (χ1v) is 5.87. The molecule has 2 rings (SSSR count). The topological polar surface area (TPSA) is 103 Å². The third-order valence-electron chi connectivity index (χ3n) is 2.39. The number of halogens is 1. The van der Waals surface area contributed by atoms with Gasteiger partial charge in [-0.3, -0.25) is 5.10 Å². The summed E-state index contributed by atoms with van der Waals surface area (Å²) in [7, 11) is 1.48. The Balaban J connectivity index is 2.18. The first-order valence-electron chi connectivity index (χ1n) is 5.50. The van der Waals surface area contributed by atoms with Crippen LogP contribution in [0.2, 0.25) is 5.02 Å². The van der Waals surface area contributed by atoms with Gasteiger partial charge in [0.05, 0.1) is 12.7 Å². The number of amidine groups is 1. The van der Waals surface area contributed by atoms with Gasteiger partial charge in [-0.1, -0.05) is 16.8 Å². The van der Waals surface area contributed by atoms with Crippen LogP contribution >= 0.6 is 11.6 Å². The lowest BCUT2D eigenvalue weighted by Gasteiger charge is -2.07. The SMILES string of the molecule is COc1ccc(Cl)cc1/C(N)=N/OC(=O)c1ccn[nH]1. The van der Waals surface area contributed by atoms with E-state index in [1.165, 1.54) is 19.4 Å². The number of hydrogen-bond donors (Lipinski definition) is 2. The van der Waals surface area contributed by atoms with E-state index < -0.39 is 5.97 Å².